The molecule has 0 saturated carbocycles. The third-order valence-electron chi connectivity index (χ3n) is 4.51. The normalized spacial score (nSPS) is 13.9. The van der Waals surface area contributed by atoms with E-state index in [0.29, 0.717) is 27.8 Å². The lowest BCUT2D eigenvalue weighted by molar-refractivity contribution is 0.101. The van der Waals surface area contributed by atoms with Crippen LogP contribution in [0.5, 0.6) is 17.2 Å². The van der Waals surface area contributed by atoms with Crippen molar-refractivity contribution in [3.63, 3.8) is 0 Å². The van der Waals surface area contributed by atoms with Crippen molar-refractivity contribution in [1.29, 1.82) is 0 Å². The van der Waals surface area contributed by atoms with Crippen molar-refractivity contribution in [3.05, 3.63) is 94.0 Å². The maximum absolute atomic E-state index is 13.9. The van der Waals surface area contributed by atoms with Crippen LogP contribution in [-0.2, 0) is 6.61 Å². The molecule has 29 heavy (non-hydrogen) atoms. The van der Waals surface area contributed by atoms with Gasteiger partial charge in [-0.1, -0.05) is 35.9 Å². The number of fused-ring (bicyclic) bond motifs is 1. The summed E-state index contributed by atoms with van der Waals surface area (Å²) < 4.78 is 30.6. The summed E-state index contributed by atoms with van der Waals surface area (Å²) in [5, 5.41) is 0.291. The highest BCUT2D eigenvalue weighted by Gasteiger charge is 2.28. The van der Waals surface area contributed by atoms with Gasteiger partial charge in [0, 0.05) is 17.2 Å². The van der Waals surface area contributed by atoms with Crippen LogP contribution in [-0.4, -0.2) is 12.9 Å². The standard InChI is InChI=1S/C23H16ClFO4/c1-27-20-8-3-2-5-14(20)11-22-23(26)16-10-9-15(12-21(16)29-22)28-13-17-18(24)6-4-7-19(17)25/h2-12H,13H2,1H3/b22-11-. The highest BCUT2D eigenvalue weighted by Crippen LogP contribution is 2.36. The Morgan fingerprint density at radius 3 is 2.72 bits per heavy atom. The quantitative estimate of drug-likeness (QED) is 0.507. The Hall–Kier alpha value is -3.31. The van der Waals surface area contributed by atoms with Gasteiger partial charge in [0.15, 0.2) is 5.76 Å². The molecule has 0 amide bonds. The van der Waals surface area contributed by atoms with E-state index in [-0.39, 0.29) is 23.7 Å². The van der Waals surface area contributed by atoms with Crippen LogP contribution in [0.25, 0.3) is 6.08 Å². The molecule has 0 saturated heterocycles. The first kappa shape index (κ1) is 19.0. The Balaban J connectivity index is 1.55. The van der Waals surface area contributed by atoms with Crippen LogP contribution in [0.2, 0.25) is 5.02 Å². The van der Waals surface area contributed by atoms with Crippen LogP contribution in [0.3, 0.4) is 0 Å². The number of methoxy groups -OCH3 is 1. The molecule has 0 spiro atoms. The molecule has 0 bridgehead atoms. The van der Waals surface area contributed by atoms with Crippen molar-refractivity contribution in [2.75, 3.05) is 7.11 Å². The molecule has 0 fully saturated rings. The van der Waals surface area contributed by atoms with E-state index in [4.69, 9.17) is 25.8 Å². The molecule has 3 aromatic carbocycles. The molecule has 1 aliphatic heterocycles. The summed E-state index contributed by atoms with van der Waals surface area (Å²) in [5.74, 6) is 0.987. The Morgan fingerprint density at radius 1 is 1.10 bits per heavy atom. The molecule has 1 aliphatic rings. The smallest absolute Gasteiger partial charge is 0.231 e. The van der Waals surface area contributed by atoms with E-state index in [0.717, 1.165) is 5.56 Å². The van der Waals surface area contributed by atoms with Crippen molar-refractivity contribution in [1.82, 2.24) is 0 Å². The van der Waals surface area contributed by atoms with Crippen LogP contribution < -0.4 is 14.2 Å². The SMILES string of the molecule is COc1ccccc1/C=C1\Oc2cc(OCc3c(F)cccc3Cl)ccc2C1=O. The summed E-state index contributed by atoms with van der Waals surface area (Å²) in [6, 6.07) is 16.7. The van der Waals surface area contributed by atoms with E-state index in [1.165, 1.54) is 12.1 Å². The summed E-state index contributed by atoms with van der Waals surface area (Å²) >= 11 is 6.02. The minimum atomic E-state index is -0.438. The van der Waals surface area contributed by atoms with Gasteiger partial charge < -0.3 is 14.2 Å². The molecule has 0 unspecified atom stereocenters. The highest BCUT2D eigenvalue weighted by molar-refractivity contribution is 6.31. The molecular formula is C23H16ClFO4. The van der Waals surface area contributed by atoms with Gasteiger partial charge in [-0.25, -0.2) is 4.39 Å². The van der Waals surface area contributed by atoms with E-state index >= 15 is 0 Å². The molecule has 1 heterocycles. The van der Waals surface area contributed by atoms with Gasteiger partial charge in [-0.3, -0.25) is 4.79 Å². The zero-order chi connectivity index (χ0) is 20.4. The maximum Gasteiger partial charge on any atom is 0.231 e. The Bertz CT molecular complexity index is 1100. The van der Waals surface area contributed by atoms with E-state index in [9.17, 15) is 9.18 Å². The lowest BCUT2D eigenvalue weighted by Crippen LogP contribution is -1.99. The molecule has 146 valence electrons. The molecule has 0 N–H and O–H groups in total. The number of hydrogen-bond acceptors (Lipinski definition) is 4. The van der Waals surface area contributed by atoms with Gasteiger partial charge in [0.25, 0.3) is 0 Å². The summed E-state index contributed by atoms with van der Waals surface area (Å²) in [7, 11) is 1.56. The molecule has 4 nitrogen and oxygen atoms in total. The number of ketones is 1. The van der Waals surface area contributed by atoms with Crippen LogP contribution in [0.4, 0.5) is 4.39 Å². The largest absolute Gasteiger partial charge is 0.496 e. The van der Waals surface area contributed by atoms with E-state index in [1.54, 1.807) is 43.5 Å². The summed E-state index contributed by atoms with van der Waals surface area (Å²) in [6.07, 6.45) is 1.64. The Kier molecular flexibility index (Phi) is 5.23. The van der Waals surface area contributed by atoms with Gasteiger partial charge in [-0.2, -0.15) is 0 Å². The zero-order valence-electron chi connectivity index (χ0n) is 15.4. The number of carbonyl (C=O) groups excluding carboxylic acids is 1. The first-order valence-corrected chi connectivity index (χ1v) is 9.21. The van der Waals surface area contributed by atoms with Gasteiger partial charge >= 0.3 is 0 Å². The van der Waals surface area contributed by atoms with Gasteiger partial charge in [0.1, 0.15) is 29.7 Å². The van der Waals surface area contributed by atoms with Crippen molar-refractivity contribution in [2.24, 2.45) is 0 Å². The number of benzene rings is 3. The average molecular weight is 411 g/mol. The van der Waals surface area contributed by atoms with E-state index < -0.39 is 5.82 Å². The number of Topliss-reactive ketones (excluding diaryl/α,β-unsaturated/α-hetero) is 1. The van der Waals surface area contributed by atoms with E-state index in [2.05, 4.69) is 0 Å². The summed E-state index contributed by atoms with van der Waals surface area (Å²) in [5.41, 5.74) is 1.43. The molecule has 6 heteroatoms. The van der Waals surface area contributed by atoms with Gasteiger partial charge in [-0.05, 0) is 36.4 Å². The molecule has 3 aromatic rings. The third kappa shape index (κ3) is 3.82. The fourth-order valence-electron chi connectivity index (χ4n) is 3.01. The highest BCUT2D eigenvalue weighted by atomic mass is 35.5. The molecule has 4 rings (SSSR count). The average Bonchev–Trinajstić information content (AvgIpc) is 3.03. The van der Waals surface area contributed by atoms with Crippen LogP contribution >= 0.6 is 11.6 Å². The first-order chi connectivity index (χ1) is 14.1. The number of allylic oxidation sites excluding steroid dienone is 1. The molecule has 0 atom stereocenters. The van der Waals surface area contributed by atoms with Crippen molar-refractivity contribution < 1.29 is 23.4 Å². The van der Waals surface area contributed by atoms with Crippen molar-refractivity contribution >= 4 is 23.5 Å². The second kappa shape index (κ2) is 7.97. The Labute approximate surface area is 172 Å². The van der Waals surface area contributed by atoms with Crippen LogP contribution in [0.1, 0.15) is 21.5 Å². The molecule has 0 aliphatic carbocycles. The fourth-order valence-corrected chi connectivity index (χ4v) is 3.23. The van der Waals surface area contributed by atoms with E-state index in [1.807, 2.05) is 18.2 Å². The molecule has 0 aromatic heterocycles. The second-order valence-corrected chi connectivity index (χ2v) is 6.74. The molecular weight excluding hydrogens is 395 g/mol. The minimum absolute atomic E-state index is 0.0395. The van der Waals surface area contributed by atoms with Gasteiger partial charge in [-0.15, -0.1) is 0 Å². The minimum Gasteiger partial charge on any atom is -0.496 e. The van der Waals surface area contributed by atoms with Crippen molar-refractivity contribution in [3.8, 4) is 17.2 Å². The lowest BCUT2D eigenvalue weighted by atomic mass is 10.1. The lowest BCUT2D eigenvalue weighted by Gasteiger charge is -2.09. The fraction of sp³-hybridized carbons (Fsp3) is 0.0870. The predicted molar refractivity (Wildman–Crippen MR) is 108 cm³/mol. The first-order valence-electron chi connectivity index (χ1n) is 8.84. The zero-order valence-corrected chi connectivity index (χ0v) is 16.2. The second-order valence-electron chi connectivity index (χ2n) is 6.33. The Morgan fingerprint density at radius 2 is 1.93 bits per heavy atom. The number of carbonyl (C=O) groups is 1. The predicted octanol–water partition coefficient (Wildman–Crippen LogP) is 5.68. The third-order valence-corrected chi connectivity index (χ3v) is 4.87. The number of halogens is 2. The monoisotopic (exact) mass is 410 g/mol. The summed E-state index contributed by atoms with van der Waals surface area (Å²) in [4.78, 5) is 12.6. The summed E-state index contributed by atoms with van der Waals surface area (Å²) in [6.45, 7) is -0.0395. The van der Waals surface area contributed by atoms with Gasteiger partial charge in [0.05, 0.1) is 17.7 Å². The van der Waals surface area contributed by atoms with Crippen LogP contribution in [0, 0.1) is 5.82 Å². The topological polar surface area (TPSA) is 44.8 Å². The number of rotatable bonds is 5. The van der Waals surface area contributed by atoms with Crippen LogP contribution in [0.15, 0.2) is 66.4 Å². The number of para-hydroxylation sites is 1. The number of hydrogen-bond donors (Lipinski definition) is 0. The number of ether oxygens (including phenoxy) is 3. The maximum atomic E-state index is 13.9. The van der Waals surface area contributed by atoms with Gasteiger partial charge in [0.2, 0.25) is 5.78 Å². The van der Waals surface area contributed by atoms with Crippen molar-refractivity contribution in [2.45, 2.75) is 6.61 Å². The molecule has 0 radical (unpaired) electrons.